The van der Waals surface area contributed by atoms with Crippen LogP contribution in [0.1, 0.15) is 49.4 Å². The van der Waals surface area contributed by atoms with E-state index < -0.39 is 0 Å². The van der Waals surface area contributed by atoms with Crippen LogP contribution < -0.4 is 9.47 Å². The Morgan fingerprint density at radius 2 is 1.73 bits per heavy atom. The van der Waals surface area contributed by atoms with Crippen LogP contribution in [0.2, 0.25) is 0 Å². The van der Waals surface area contributed by atoms with Crippen LogP contribution in [-0.4, -0.2) is 86.0 Å². The average molecular weight is 418 g/mol. The number of likely N-dealkylation sites (tertiary alicyclic amines) is 2. The number of nitrogens with zero attached hydrogens (tertiary/aromatic N) is 3. The second-order valence-corrected chi connectivity index (χ2v) is 8.34. The molecule has 0 spiro atoms. The van der Waals surface area contributed by atoms with Crippen molar-refractivity contribution in [1.29, 1.82) is 0 Å². The molecule has 0 N–H and O–H groups in total. The normalized spacial score (nSPS) is 19.7. The van der Waals surface area contributed by atoms with Crippen molar-refractivity contribution in [1.82, 2.24) is 14.7 Å². The monoisotopic (exact) mass is 417 g/mol. The van der Waals surface area contributed by atoms with E-state index >= 15 is 0 Å². The summed E-state index contributed by atoms with van der Waals surface area (Å²) in [5, 5.41) is 0. The zero-order valence-corrected chi connectivity index (χ0v) is 18.6. The highest BCUT2D eigenvalue weighted by atomic mass is 16.5. The summed E-state index contributed by atoms with van der Waals surface area (Å²) in [5.41, 5.74) is 0.590. The van der Waals surface area contributed by atoms with Crippen LogP contribution >= 0.6 is 0 Å². The van der Waals surface area contributed by atoms with Gasteiger partial charge >= 0.3 is 0 Å². The number of rotatable bonds is 7. The first-order chi connectivity index (χ1) is 14.5. The Hall–Kier alpha value is -2.28. The Morgan fingerprint density at radius 3 is 2.43 bits per heavy atom. The number of hydrogen-bond acceptors (Lipinski definition) is 5. The van der Waals surface area contributed by atoms with Gasteiger partial charge in [-0.2, -0.15) is 0 Å². The van der Waals surface area contributed by atoms with Crippen molar-refractivity contribution in [2.75, 3.05) is 53.5 Å². The molecule has 0 radical (unpaired) electrons. The Kier molecular flexibility index (Phi) is 7.96. The van der Waals surface area contributed by atoms with E-state index in [1.165, 1.54) is 6.42 Å². The van der Waals surface area contributed by atoms with Gasteiger partial charge in [-0.1, -0.05) is 0 Å². The van der Waals surface area contributed by atoms with Gasteiger partial charge in [0.25, 0.3) is 11.8 Å². The minimum absolute atomic E-state index is 0.000320. The topological polar surface area (TPSA) is 62.3 Å². The van der Waals surface area contributed by atoms with Crippen molar-refractivity contribution >= 4 is 11.8 Å². The molecule has 7 nitrogen and oxygen atoms in total. The van der Waals surface area contributed by atoms with E-state index in [9.17, 15) is 9.59 Å². The number of benzene rings is 1. The lowest BCUT2D eigenvalue weighted by atomic mass is 10.0. The van der Waals surface area contributed by atoms with Crippen molar-refractivity contribution < 1.29 is 19.1 Å². The number of hydrogen-bond donors (Lipinski definition) is 0. The van der Waals surface area contributed by atoms with E-state index in [1.807, 2.05) is 16.7 Å². The van der Waals surface area contributed by atoms with E-state index in [-0.39, 0.29) is 18.4 Å². The lowest BCUT2D eigenvalue weighted by Gasteiger charge is -2.36. The molecule has 2 saturated heterocycles. The molecule has 2 amide bonds. The van der Waals surface area contributed by atoms with Gasteiger partial charge in [-0.3, -0.25) is 9.59 Å². The Balaban J connectivity index is 1.66. The smallest absolute Gasteiger partial charge is 0.260 e. The maximum absolute atomic E-state index is 13.1. The maximum Gasteiger partial charge on any atom is 0.260 e. The fraction of sp³-hybridized carbons (Fsp3) is 0.652. The highest BCUT2D eigenvalue weighted by molar-refractivity contribution is 5.95. The van der Waals surface area contributed by atoms with Gasteiger partial charge in [-0.05, 0) is 71.3 Å². The van der Waals surface area contributed by atoms with Gasteiger partial charge < -0.3 is 24.2 Å². The standard InChI is InChI=1S/C23H35N3O4/c1-4-29-21-15-18(23(28)26-14-8-9-19(16-26)24(2)3)10-11-20(21)30-17-22(27)25-12-6-5-7-13-25/h10-11,15,19H,4-9,12-14,16-17H2,1-3H3. The molecule has 1 aromatic rings. The summed E-state index contributed by atoms with van der Waals surface area (Å²) in [6, 6.07) is 5.64. The molecule has 0 aliphatic carbocycles. The van der Waals surface area contributed by atoms with Crippen LogP contribution in [0, 0.1) is 0 Å². The third-order valence-corrected chi connectivity index (χ3v) is 5.96. The quantitative estimate of drug-likeness (QED) is 0.683. The molecule has 30 heavy (non-hydrogen) atoms. The fourth-order valence-corrected chi connectivity index (χ4v) is 4.15. The van der Waals surface area contributed by atoms with Crippen LogP contribution in [0.3, 0.4) is 0 Å². The van der Waals surface area contributed by atoms with Crippen LogP contribution in [0.25, 0.3) is 0 Å². The number of piperidine rings is 2. The largest absolute Gasteiger partial charge is 0.490 e. The summed E-state index contributed by atoms with van der Waals surface area (Å²) in [6.07, 6.45) is 5.41. The molecule has 1 aromatic carbocycles. The van der Waals surface area contributed by atoms with Gasteiger partial charge in [-0.25, -0.2) is 0 Å². The molecule has 1 atom stereocenters. The molecular formula is C23H35N3O4. The second kappa shape index (κ2) is 10.7. The third kappa shape index (κ3) is 5.65. The predicted octanol–water partition coefficient (Wildman–Crippen LogP) is 2.64. The van der Waals surface area contributed by atoms with E-state index in [2.05, 4.69) is 19.0 Å². The highest BCUT2D eigenvalue weighted by Crippen LogP contribution is 2.30. The number of carbonyl (C=O) groups is 2. The number of likely N-dealkylation sites (N-methyl/N-ethyl adjacent to an activating group) is 1. The molecule has 3 rings (SSSR count). The Morgan fingerprint density at radius 1 is 1.00 bits per heavy atom. The fourth-order valence-electron chi connectivity index (χ4n) is 4.15. The van der Waals surface area contributed by atoms with E-state index in [0.717, 1.165) is 51.9 Å². The van der Waals surface area contributed by atoms with Gasteiger partial charge in [0.05, 0.1) is 6.61 Å². The minimum Gasteiger partial charge on any atom is -0.490 e. The number of amides is 2. The molecule has 2 aliphatic rings. The summed E-state index contributed by atoms with van der Waals surface area (Å²) >= 11 is 0. The van der Waals surface area contributed by atoms with Gasteiger partial charge in [0.15, 0.2) is 18.1 Å². The van der Waals surface area contributed by atoms with Crippen molar-refractivity contribution in [2.24, 2.45) is 0 Å². The highest BCUT2D eigenvalue weighted by Gasteiger charge is 2.26. The van der Waals surface area contributed by atoms with Gasteiger partial charge in [0.1, 0.15) is 0 Å². The molecular weight excluding hydrogens is 382 g/mol. The van der Waals surface area contributed by atoms with Gasteiger partial charge in [0.2, 0.25) is 0 Å². The van der Waals surface area contributed by atoms with Crippen LogP contribution in [0.15, 0.2) is 18.2 Å². The molecule has 7 heteroatoms. The van der Waals surface area contributed by atoms with Gasteiger partial charge in [0, 0.05) is 37.8 Å². The molecule has 2 aliphatic heterocycles. The average Bonchev–Trinajstić information content (AvgIpc) is 2.78. The molecule has 2 fully saturated rings. The third-order valence-electron chi connectivity index (χ3n) is 5.96. The molecule has 2 heterocycles. The molecule has 0 aromatic heterocycles. The van der Waals surface area contributed by atoms with Crippen molar-refractivity contribution in [3.05, 3.63) is 23.8 Å². The van der Waals surface area contributed by atoms with E-state index in [0.29, 0.717) is 29.7 Å². The summed E-state index contributed by atoms with van der Waals surface area (Å²) < 4.78 is 11.5. The lowest BCUT2D eigenvalue weighted by Crippen LogP contribution is -2.47. The SMILES string of the molecule is CCOc1cc(C(=O)N2CCCC(N(C)C)C2)ccc1OCC(=O)N1CCCCC1. The van der Waals surface area contributed by atoms with Crippen LogP contribution in [0.4, 0.5) is 0 Å². The van der Waals surface area contributed by atoms with Crippen molar-refractivity contribution in [3.63, 3.8) is 0 Å². The lowest BCUT2D eigenvalue weighted by molar-refractivity contribution is -0.134. The zero-order chi connectivity index (χ0) is 21.5. The first kappa shape index (κ1) is 22.4. The van der Waals surface area contributed by atoms with Gasteiger partial charge in [-0.15, -0.1) is 0 Å². The van der Waals surface area contributed by atoms with Crippen molar-refractivity contribution in [3.8, 4) is 11.5 Å². The Bertz CT molecular complexity index is 731. The summed E-state index contributed by atoms with van der Waals surface area (Å²) in [5.74, 6) is 1.03. The molecule has 1 unspecified atom stereocenters. The number of ether oxygens (including phenoxy) is 2. The molecule has 0 saturated carbocycles. The zero-order valence-electron chi connectivity index (χ0n) is 18.6. The second-order valence-electron chi connectivity index (χ2n) is 8.34. The molecule has 166 valence electrons. The first-order valence-corrected chi connectivity index (χ1v) is 11.1. The number of carbonyl (C=O) groups excluding carboxylic acids is 2. The summed E-state index contributed by atoms with van der Waals surface area (Å²) in [4.78, 5) is 31.4. The van der Waals surface area contributed by atoms with E-state index in [1.54, 1.807) is 18.2 Å². The minimum atomic E-state index is -0.00991. The van der Waals surface area contributed by atoms with E-state index in [4.69, 9.17) is 9.47 Å². The Labute approximate surface area is 179 Å². The molecule has 0 bridgehead atoms. The van der Waals surface area contributed by atoms with Crippen molar-refractivity contribution in [2.45, 2.75) is 45.1 Å². The summed E-state index contributed by atoms with van der Waals surface area (Å²) in [7, 11) is 4.12. The van der Waals surface area contributed by atoms with Crippen LogP contribution in [0.5, 0.6) is 11.5 Å². The summed E-state index contributed by atoms with van der Waals surface area (Å²) in [6.45, 7) is 5.46. The first-order valence-electron chi connectivity index (χ1n) is 11.1. The van der Waals surface area contributed by atoms with Crippen LogP contribution in [-0.2, 0) is 4.79 Å². The maximum atomic E-state index is 13.1. The predicted molar refractivity (Wildman–Crippen MR) is 116 cm³/mol.